The van der Waals surface area contributed by atoms with Gasteiger partial charge in [-0.3, -0.25) is 4.79 Å². The normalized spacial score (nSPS) is 12.4. The molecule has 0 fully saturated rings. The third-order valence-electron chi connectivity index (χ3n) is 2.82. The van der Waals surface area contributed by atoms with E-state index in [9.17, 15) is 4.79 Å². The molecule has 0 unspecified atom stereocenters. The number of fused-ring (bicyclic) bond motifs is 1. The summed E-state index contributed by atoms with van der Waals surface area (Å²) >= 11 is 0. The Kier molecular flexibility index (Phi) is 3.38. The van der Waals surface area contributed by atoms with Gasteiger partial charge in [0, 0.05) is 11.4 Å². The maximum atomic E-state index is 11.9. The molecule has 1 atom stereocenters. The Morgan fingerprint density at radius 1 is 1.29 bits per heavy atom. The van der Waals surface area contributed by atoms with E-state index in [1.165, 1.54) is 0 Å². The quantitative estimate of drug-likeness (QED) is 0.877. The van der Waals surface area contributed by atoms with Crippen LogP contribution in [0.1, 0.15) is 30.8 Å². The zero-order chi connectivity index (χ0) is 12.3. The predicted molar refractivity (Wildman–Crippen MR) is 69.0 cm³/mol. The van der Waals surface area contributed by atoms with Crippen molar-refractivity contribution in [2.24, 2.45) is 0 Å². The lowest BCUT2D eigenvalue weighted by atomic mass is 10.2. The van der Waals surface area contributed by atoms with Crippen LogP contribution in [-0.2, 0) is 0 Å². The van der Waals surface area contributed by atoms with Crippen molar-refractivity contribution < 1.29 is 4.79 Å². The lowest BCUT2D eigenvalue weighted by Crippen LogP contribution is -2.32. The molecule has 1 amide bonds. The SMILES string of the molecule is CC[C@H](C)NC(=O)c1ccc2ccccc2n1. The molecule has 3 heteroatoms. The molecule has 3 nitrogen and oxygen atoms in total. The molecule has 0 saturated heterocycles. The van der Waals surface area contributed by atoms with Gasteiger partial charge in [0.2, 0.25) is 0 Å². The van der Waals surface area contributed by atoms with Crippen molar-refractivity contribution in [2.45, 2.75) is 26.3 Å². The van der Waals surface area contributed by atoms with Crippen LogP contribution in [-0.4, -0.2) is 16.9 Å². The molecule has 0 aliphatic rings. The van der Waals surface area contributed by atoms with Crippen molar-refractivity contribution in [3.8, 4) is 0 Å². The topological polar surface area (TPSA) is 42.0 Å². The average molecular weight is 228 g/mol. The number of aromatic nitrogens is 1. The van der Waals surface area contributed by atoms with E-state index in [1.54, 1.807) is 6.07 Å². The van der Waals surface area contributed by atoms with Gasteiger partial charge in [-0.2, -0.15) is 0 Å². The van der Waals surface area contributed by atoms with Crippen molar-refractivity contribution in [3.63, 3.8) is 0 Å². The van der Waals surface area contributed by atoms with Crippen molar-refractivity contribution in [1.29, 1.82) is 0 Å². The van der Waals surface area contributed by atoms with Crippen molar-refractivity contribution in [3.05, 3.63) is 42.1 Å². The van der Waals surface area contributed by atoms with E-state index < -0.39 is 0 Å². The van der Waals surface area contributed by atoms with Gasteiger partial charge in [0.15, 0.2) is 0 Å². The number of hydrogen-bond acceptors (Lipinski definition) is 2. The first-order valence-corrected chi connectivity index (χ1v) is 5.87. The number of carbonyl (C=O) groups excluding carboxylic acids is 1. The maximum Gasteiger partial charge on any atom is 0.270 e. The van der Waals surface area contributed by atoms with Gasteiger partial charge in [0.05, 0.1) is 5.52 Å². The number of hydrogen-bond donors (Lipinski definition) is 1. The standard InChI is InChI=1S/C14H16N2O/c1-3-10(2)15-14(17)13-9-8-11-6-4-5-7-12(11)16-13/h4-10H,3H2,1-2H3,(H,15,17)/t10-/m0/s1. The van der Waals surface area contributed by atoms with E-state index in [-0.39, 0.29) is 11.9 Å². The third-order valence-corrected chi connectivity index (χ3v) is 2.82. The van der Waals surface area contributed by atoms with Gasteiger partial charge in [-0.05, 0) is 25.5 Å². The summed E-state index contributed by atoms with van der Waals surface area (Å²) in [7, 11) is 0. The van der Waals surface area contributed by atoms with Crippen LogP contribution >= 0.6 is 0 Å². The number of para-hydroxylation sites is 1. The highest BCUT2D eigenvalue weighted by atomic mass is 16.1. The second-order valence-corrected chi connectivity index (χ2v) is 4.17. The Bertz CT molecular complexity index is 536. The number of rotatable bonds is 3. The summed E-state index contributed by atoms with van der Waals surface area (Å²) in [6.07, 6.45) is 0.916. The van der Waals surface area contributed by atoms with Crippen LogP contribution in [0.5, 0.6) is 0 Å². The fourth-order valence-electron chi connectivity index (χ4n) is 1.59. The Morgan fingerprint density at radius 2 is 2.06 bits per heavy atom. The smallest absolute Gasteiger partial charge is 0.270 e. The first-order valence-electron chi connectivity index (χ1n) is 5.87. The monoisotopic (exact) mass is 228 g/mol. The zero-order valence-electron chi connectivity index (χ0n) is 10.1. The molecule has 2 aromatic rings. The summed E-state index contributed by atoms with van der Waals surface area (Å²) in [4.78, 5) is 16.2. The van der Waals surface area contributed by atoms with Gasteiger partial charge >= 0.3 is 0 Å². The largest absolute Gasteiger partial charge is 0.348 e. The zero-order valence-corrected chi connectivity index (χ0v) is 10.1. The van der Waals surface area contributed by atoms with Gasteiger partial charge in [-0.1, -0.05) is 31.2 Å². The molecule has 2 rings (SSSR count). The number of nitrogens with zero attached hydrogens (tertiary/aromatic N) is 1. The molecule has 1 N–H and O–H groups in total. The number of carbonyl (C=O) groups is 1. The molecule has 0 aliphatic carbocycles. The van der Waals surface area contributed by atoms with Crippen LogP contribution < -0.4 is 5.32 Å². The summed E-state index contributed by atoms with van der Waals surface area (Å²) in [5, 5.41) is 3.96. The molecular formula is C14H16N2O. The van der Waals surface area contributed by atoms with Crippen LogP contribution in [0.2, 0.25) is 0 Å². The molecule has 0 bridgehead atoms. The van der Waals surface area contributed by atoms with Crippen LogP contribution in [0, 0.1) is 0 Å². The molecule has 0 spiro atoms. The first kappa shape index (κ1) is 11.6. The molecule has 1 aromatic carbocycles. The van der Waals surface area contributed by atoms with Crippen molar-refractivity contribution >= 4 is 16.8 Å². The number of pyridine rings is 1. The highest BCUT2D eigenvalue weighted by Gasteiger charge is 2.09. The van der Waals surface area contributed by atoms with E-state index in [0.717, 1.165) is 17.3 Å². The van der Waals surface area contributed by atoms with Gasteiger partial charge < -0.3 is 5.32 Å². The fourth-order valence-corrected chi connectivity index (χ4v) is 1.59. The minimum Gasteiger partial charge on any atom is -0.348 e. The van der Waals surface area contributed by atoms with Crippen LogP contribution in [0.25, 0.3) is 10.9 Å². The molecule has 0 aliphatic heterocycles. The van der Waals surface area contributed by atoms with Crippen LogP contribution in [0.4, 0.5) is 0 Å². The minimum atomic E-state index is -0.106. The Balaban J connectivity index is 2.27. The van der Waals surface area contributed by atoms with Crippen molar-refractivity contribution in [2.75, 3.05) is 0 Å². The summed E-state index contributed by atoms with van der Waals surface area (Å²) < 4.78 is 0. The van der Waals surface area contributed by atoms with E-state index in [1.807, 2.05) is 44.2 Å². The Hall–Kier alpha value is -1.90. The second-order valence-electron chi connectivity index (χ2n) is 4.17. The fraction of sp³-hybridized carbons (Fsp3) is 0.286. The van der Waals surface area contributed by atoms with Crippen molar-refractivity contribution in [1.82, 2.24) is 10.3 Å². The molecule has 88 valence electrons. The highest BCUT2D eigenvalue weighted by molar-refractivity contribution is 5.94. The van der Waals surface area contributed by atoms with Gasteiger partial charge in [0.1, 0.15) is 5.69 Å². The minimum absolute atomic E-state index is 0.106. The summed E-state index contributed by atoms with van der Waals surface area (Å²) in [6.45, 7) is 4.03. The maximum absolute atomic E-state index is 11.9. The molecule has 0 saturated carbocycles. The summed E-state index contributed by atoms with van der Waals surface area (Å²) in [5.74, 6) is -0.106. The summed E-state index contributed by atoms with van der Waals surface area (Å²) in [5.41, 5.74) is 1.33. The average Bonchev–Trinajstić information content (AvgIpc) is 2.38. The van der Waals surface area contributed by atoms with Gasteiger partial charge in [-0.15, -0.1) is 0 Å². The number of amides is 1. The van der Waals surface area contributed by atoms with Gasteiger partial charge in [0.25, 0.3) is 5.91 Å². The van der Waals surface area contributed by atoms with E-state index in [4.69, 9.17) is 0 Å². The third kappa shape index (κ3) is 2.61. The van der Waals surface area contributed by atoms with Crippen LogP contribution in [0.15, 0.2) is 36.4 Å². The first-order chi connectivity index (χ1) is 8.20. The van der Waals surface area contributed by atoms with Crippen LogP contribution in [0.3, 0.4) is 0 Å². The lowest BCUT2D eigenvalue weighted by Gasteiger charge is -2.10. The van der Waals surface area contributed by atoms with E-state index in [0.29, 0.717) is 5.69 Å². The lowest BCUT2D eigenvalue weighted by molar-refractivity contribution is 0.0934. The second kappa shape index (κ2) is 4.95. The summed E-state index contributed by atoms with van der Waals surface area (Å²) in [6, 6.07) is 11.6. The van der Waals surface area contributed by atoms with E-state index in [2.05, 4.69) is 10.3 Å². The molecule has 17 heavy (non-hydrogen) atoms. The predicted octanol–water partition coefficient (Wildman–Crippen LogP) is 2.76. The molecule has 0 radical (unpaired) electrons. The molecular weight excluding hydrogens is 212 g/mol. The Labute approximate surface area is 101 Å². The van der Waals surface area contributed by atoms with Gasteiger partial charge in [-0.25, -0.2) is 4.98 Å². The molecule has 1 heterocycles. The number of benzene rings is 1. The number of nitrogens with one attached hydrogen (secondary N) is 1. The Morgan fingerprint density at radius 3 is 2.82 bits per heavy atom. The highest BCUT2D eigenvalue weighted by Crippen LogP contribution is 2.11. The molecule has 1 aromatic heterocycles. The van der Waals surface area contributed by atoms with E-state index >= 15 is 0 Å².